The fourth-order valence-electron chi connectivity index (χ4n) is 3.24. The number of amides is 1. The SMILES string of the molecule is NC(=O)C(c1cccc(Cl)c1)N(CCc1ccncc1)CCc1cccnc1. The predicted octanol–water partition coefficient (Wildman–Crippen LogP) is 3.44. The van der Waals surface area contributed by atoms with Crippen molar-refractivity contribution >= 4 is 17.5 Å². The lowest BCUT2D eigenvalue weighted by molar-refractivity contribution is -0.123. The van der Waals surface area contributed by atoms with Gasteiger partial charge in [0.25, 0.3) is 0 Å². The minimum absolute atomic E-state index is 0.386. The summed E-state index contributed by atoms with van der Waals surface area (Å²) in [6.07, 6.45) is 8.72. The number of halogens is 1. The van der Waals surface area contributed by atoms with Crippen molar-refractivity contribution in [1.29, 1.82) is 0 Å². The molecule has 3 aromatic rings. The quantitative estimate of drug-likeness (QED) is 0.603. The van der Waals surface area contributed by atoms with E-state index in [-0.39, 0.29) is 5.91 Å². The van der Waals surface area contributed by atoms with Crippen LogP contribution in [0.5, 0.6) is 0 Å². The van der Waals surface area contributed by atoms with Crippen LogP contribution in [0.1, 0.15) is 22.7 Å². The largest absolute Gasteiger partial charge is 0.368 e. The Morgan fingerprint density at radius 2 is 1.71 bits per heavy atom. The molecule has 28 heavy (non-hydrogen) atoms. The number of rotatable bonds is 9. The first-order chi connectivity index (χ1) is 13.6. The Morgan fingerprint density at radius 1 is 0.964 bits per heavy atom. The molecule has 0 radical (unpaired) electrons. The van der Waals surface area contributed by atoms with E-state index in [1.54, 1.807) is 30.7 Å². The Morgan fingerprint density at radius 3 is 2.36 bits per heavy atom. The van der Waals surface area contributed by atoms with Crippen molar-refractivity contribution in [3.05, 3.63) is 95.0 Å². The molecule has 2 heterocycles. The Kier molecular flexibility index (Phi) is 7.12. The van der Waals surface area contributed by atoms with Gasteiger partial charge in [-0.25, -0.2) is 0 Å². The number of primary amides is 1. The predicted molar refractivity (Wildman–Crippen MR) is 111 cm³/mol. The molecular formula is C22H23ClN4O. The summed E-state index contributed by atoms with van der Waals surface area (Å²) in [5, 5.41) is 0.588. The van der Waals surface area contributed by atoms with Crippen molar-refractivity contribution < 1.29 is 4.79 Å². The zero-order valence-electron chi connectivity index (χ0n) is 15.5. The molecule has 2 N–H and O–H groups in total. The first-order valence-electron chi connectivity index (χ1n) is 9.20. The summed E-state index contributed by atoms with van der Waals surface area (Å²) in [7, 11) is 0. The molecule has 0 spiro atoms. The third kappa shape index (κ3) is 5.62. The number of nitrogens with two attached hydrogens (primary N) is 1. The molecule has 0 aliphatic carbocycles. The number of benzene rings is 1. The average Bonchev–Trinajstić information content (AvgIpc) is 2.71. The molecule has 0 aliphatic rings. The van der Waals surface area contributed by atoms with Crippen molar-refractivity contribution in [2.24, 2.45) is 5.73 Å². The van der Waals surface area contributed by atoms with Crippen LogP contribution >= 0.6 is 11.6 Å². The third-order valence-electron chi connectivity index (χ3n) is 4.65. The van der Waals surface area contributed by atoms with Gasteiger partial charge in [0.1, 0.15) is 6.04 Å². The summed E-state index contributed by atoms with van der Waals surface area (Å²) in [4.78, 5) is 22.7. The van der Waals surface area contributed by atoms with E-state index >= 15 is 0 Å². The fourth-order valence-corrected chi connectivity index (χ4v) is 3.44. The van der Waals surface area contributed by atoms with Gasteiger partial charge in [0.2, 0.25) is 5.91 Å². The van der Waals surface area contributed by atoms with Gasteiger partial charge in [0.05, 0.1) is 0 Å². The molecule has 0 aliphatic heterocycles. The maximum Gasteiger partial charge on any atom is 0.239 e. The number of hydrogen-bond donors (Lipinski definition) is 1. The Bertz CT molecular complexity index is 846. The zero-order chi connectivity index (χ0) is 19.8. The second-order valence-corrected chi connectivity index (χ2v) is 7.05. The van der Waals surface area contributed by atoms with Crippen LogP contribution in [0.15, 0.2) is 73.3 Å². The van der Waals surface area contributed by atoms with Gasteiger partial charge < -0.3 is 5.73 Å². The maximum atomic E-state index is 12.4. The molecule has 3 rings (SSSR count). The molecule has 1 atom stereocenters. The number of aromatic nitrogens is 2. The highest BCUT2D eigenvalue weighted by molar-refractivity contribution is 6.30. The van der Waals surface area contributed by atoms with Crippen LogP contribution in [0.4, 0.5) is 0 Å². The molecule has 0 saturated carbocycles. The van der Waals surface area contributed by atoms with E-state index in [9.17, 15) is 4.79 Å². The number of carbonyl (C=O) groups excluding carboxylic acids is 1. The molecule has 1 unspecified atom stereocenters. The van der Waals surface area contributed by atoms with Gasteiger partial charge in [-0.3, -0.25) is 19.7 Å². The van der Waals surface area contributed by atoms with Gasteiger partial charge in [-0.05, 0) is 59.9 Å². The van der Waals surface area contributed by atoms with Crippen LogP contribution in [0, 0.1) is 0 Å². The van der Waals surface area contributed by atoms with Gasteiger partial charge in [-0.1, -0.05) is 29.8 Å². The summed E-state index contributed by atoms with van der Waals surface area (Å²) in [5.41, 5.74) is 8.90. The topological polar surface area (TPSA) is 72.1 Å². The summed E-state index contributed by atoms with van der Waals surface area (Å²) >= 11 is 6.16. The van der Waals surface area contributed by atoms with Crippen LogP contribution in [0.3, 0.4) is 0 Å². The van der Waals surface area contributed by atoms with Crippen LogP contribution in [-0.4, -0.2) is 33.9 Å². The van der Waals surface area contributed by atoms with Crippen LogP contribution in [0.25, 0.3) is 0 Å². The van der Waals surface area contributed by atoms with Gasteiger partial charge in [0.15, 0.2) is 0 Å². The molecule has 1 aromatic carbocycles. The van der Waals surface area contributed by atoms with Crippen molar-refractivity contribution in [2.75, 3.05) is 13.1 Å². The molecule has 0 bridgehead atoms. The molecule has 1 amide bonds. The van der Waals surface area contributed by atoms with Crippen LogP contribution in [0.2, 0.25) is 5.02 Å². The van der Waals surface area contributed by atoms with E-state index in [0.717, 1.165) is 29.5 Å². The first kappa shape index (κ1) is 20.0. The Labute approximate surface area is 170 Å². The third-order valence-corrected chi connectivity index (χ3v) is 4.88. The second-order valence-electron chi connectivity index (χ2n) is 6.61. The number of carbonyl (C=O) groups is 1. The van der Waals surface area contributed by atoms with E-state index in [0.29, 0.717) is 18.1 Å². The molecule has 0 fully saturated rings. The number of nitrogens with zero attached hydrogens (tertiary/aromatic N) is 3. The average molecular weight is 395 g/mol. The Balaban J connectivity index is 1.82. The summed E-state index contributed by atoms with van der Waals surface area (Å²) in [6.45, 7) is 1.36. The van der Waals surface area contributed by atoms with E-state index in [1.807, 2.05) is 42.6 Å². The van der Waals surface area contributed by atoms with Crippen LogP contribution in [-0.2, 0) is 17.6 Å². The van der Waals surface area contributed by atoms with Gasteiger partial charge in [-0.2, -0.15) is 0 Å². The van der Waals surface area contributed by atoms with E-state index in [4.69, 9.17) is 17.3 Å². The zero-order valence-corrected chi connectivity index (χ0v) is 16.3. The lowest BCUT2D eigenvalue weighted by Gasteiger charge is -2.30. The molecule has 0 saturated heterocycles. The maximum absolute atomic E-state index is 12.4. The summed E-state index contributed by atoms with van der Waals surface area (Å²) < 4.78 is 0. The van der Waals surface area contributed by atoms with Crippen molar-refractivity contribution in [1.82, 2.24) is 14.9 Å². The normalized spacial score (nSPS) is 12.1. The Hall–Kier alpha value is -2.76. The number of hydrogen-bond acceptors (Lipinski definition) is 4. The van der Waals surface area contributed by atoms with Crippen molar-refractivity contribution in [3.8, 4) is 0 Å². The van der Waals surface area contributed by atoms with E-state index in [1.165, 1.54) is 0 Å². The molecule has 6 heteroatoms. The van der Waals surface area contributed by atoms with Gasteiger partial charge in [0, 0.05) is 42.9 Å². The van der Waals surface area contributed by atoms with E-state index in [2.05, 4.69) is 14.9 Å². The highest BCUT2D eigenvalue weighted by atomic mass is 35.5. The summed E-state index contributed by atoms with van der Waals surface area (Å²) in [5.74, 6) is -0.386. The fraction of sp³-hybridized carbons (Fsp3) is 0.227. The second kappa shape index (κ2) is 9.97. The minimum atomic E-state index is -0.544. The molecular weight excluding hydrogens is 372 g/mol. The lowest BCUT2D eigenvalue weighted by atomic mass is 10.0. The smallest absolute Gasteiger partial charge is 0.239 e. The monoisotopic (exact) mass is 394 g/mol. The molecule has 2 aromatic heterocycles. The molecule has 5 nitrogen and oxygen atoms in total. The number of pyridine rings is 2. The highest BCUT2D eigenvalue weighted by Crippen LogP contribution is 2.24. The van der Waals surface area contributed by atoms with E-state index < -0.39 is 6.04 Å². The van der Waals surface area contributed by atoms with Crippen LogP contribution < -0.4 is 5.73 Å². The standard InChI is InChI=1S/C22H23ClN4O/c23-20-5-1-4-19(15-20)21(22(24)28)27(13-8-17-6-11-25-12-7-17)14-9-18-3-2-10-26-16-18/h1-7,10-12,15-16,21H,8-9,13-14H2,(H2,24,28). The molecule has 144 valence electrons. The highest BCUT2D eigenvalue weighted by Gasteiger charge is 2.25. The first-order valence-corrected chi connectivity index (χ1v) is 9.58. The van der Waals surface area contributed by atoms with Gasteiger partial charge >= 0.3 is 0 Å². The lowest BCUT2D eigenvalue weighted by Crippen LogP contribution is -2.40. The van der Waals surface area contributed by atoms with Gasteiger partial charge in [-0.15, -0.1) is 0 Å². The van der Waals surface area contributed by atoms with Crippen molar-refractivity contribution in [3.63, 3.8) is 0 Å². The summed E-state index contributed by atoms with van der Waals surface area (Å²) in [6, 6.07) is 14.7. The minimum Gasteiger partial charge on any atom is -0.368 e. The van der Waals surface area contributed by atoms with Crippen molar-refractivity contribution in [2.45, 2.75) is 18.9 Å².